The molecule has 10 nitrogen and oxygen atoms in total. The summed E-state index contributed by atoms with van der Waals surface area (Å²) < 4.78 is 19.2. The normalized spacial score (nSPS) is 16.9. The molecule has 218 valence electrons. The molecule has 2 amide bonds. The zero-order chi connectivity index (χ0) is 29.3. The van der Waals surface area contributed by atoms with E-state index in [1.54, 1.807) is 20.5 Å². The maximum absolute atomic E-state index is 13.4. The highest BCUT2D eigenvalue weighted by molar-refractivity contribution is 5.71. The van der Waals surface area contributed by atoms with Gasteiger partial charge in [-0.25, -0.2) is 14.3 Å². The second-order valence-corrected chi connectivity index (χ2v) is 11.8. The predicted molar refractivity (Wildman–Crippen MR) is 152 cm³/mol. The van der Waals surface area contributed by atoms with Crippen molar-refractivity contribution < 1.29 is 28.9 Å². The number of nitrogens with zero attached hydrogens (tertiary/aromatic N) is 4. The van der Waals surface area contributed by atoms with Crippen LogP contribution >= 0.6 is 0 Å². The number of phenols is 1. The van der Waals surface area contributed by atoms with Gasteiger partial charge >= 0.3 is 12.2 Å². The predicted octanol–water partition coefficient (Wildman–Crippen LogP) is 5.57. The summed E-state index contributed by atoms with van der Waals surface area (Å²) >= 11 is 0. The number of amides is 2. The van der Waals surface area contributed by atoms with Crippen LogP contribution in [0.2, 0.25) is 0 Å². The first-order valence-electron chi connectivity index (χ1n) is 14.0. The topological polar surface area (TPSA) is 106 Å². The second-order valence-electron chi connectivity index (χ2n) is 11.8. The summed E-state index contributed by atoms with van der Waals surface area (Å²) in [5.74, 6) is 0.747. The molecule has 2 aliphatic rings. The Kier molecular flexibility index (Phi) is 7.84. The Morgan fingerprint density at radius 1 is 1.10 bits per heavy atom. The highest BCUT2D eigenvalue weighted by Gasteiger charge is 2.42. The first kappa shape index (κ1) is 28.3. The fourth-order valence-electron chi connectivity index (χ4n) is 5.20. The standard InChI is InChI=1S/C31H38N4O6/c1-20(2)22-11-12-23(26(36)17-22)35-24-13-14-34(30(38)41-31(3,4)5)25-18-33(15-16-39-28(32-35)27(24)25)29(37)40-19-21-9-7-6-8-10-21/h6-12,17,20,25,36H,13-16,18-19H2,1-5H3/t25-/m0/s1. The number of aromatic nitrogens is 2. The molecule has 0 radical (unpaired) electrons. The quantitative estimate of drug-likeness (QED) is 0.443. The SMILES string of the molecule is CC(C)c1ccc(-n2nc3c4c2CCN(C(=O)OC(C)(C)C)[C@H]4CN(C(=O)OCc2ccccc2)CCO3)c(O)c1. The lowest BCUT2D eigenvalue weighted by Gasteiger charge is -2.40. The fraction of sp³-hybridized carbons (Fsp3) is 0.452. The first-order valence-corrected chi connectivity index (χ1v) is 14.0. The molecule has 10 heteroatoms. The van der Waals surface area contributed by atoms with Crippen LogP contribution in [0.5, 0.6) is 11.6 Å². The molecule has 2 aromatic carbocycles. The van der Waals surface area contributed by atoms with Crippen LogP contribution in [0.15, 0.2) is 48.5 Å². The Balaban J connectivity index is 1.50. The van der Waals surface area contributed by atoms with Crippen molar-refractivity contribution in [2.24, 2.45) is 0 Å². The van der Waals surface area contributed by atoms with Crippen molar-refractivity contribution in [2.45, 2.75) is 65.2 Å². The highest BCUT2D eigenvalue weighted by atomic mass is 16.6. The maximum Gasteiger partial charge on any atom is 0.410 e. The number of hydrogen-bond acceptors (Lipinski definition) is 7. The summed E-state index contributed by atoms with van der Waals surface area (Å²) in [5, 5.41) is 15.7. The summed E-state index contributed by atoms with van der Waals surface area (Å²) in [6.45, 7) is 10.7. The summed E-state index contributed by atoms with van der Waals surface area (Å²) in [6.07, 6.45) is -0.508. The molecule has 0 fully saturated rings. The van der Waals surface area contributed by atoms with Crippen LogP contribution in [-0.4, -0.2) is 68.7 Å². The molecule has 1 atom stereocenters. The Hall–Kier alpha value is -4.21. The molecule has 0 aliphatic carbocycles. The van der Waals surface area contributed by atoms with Crippen LogP contribution in [0.1, 0.15) is 69.0 Å². The number of carbonyl (C=O) groups is 2. The van der Waals surface area contributed by atoms with Gasteiger partial charge in [-0.3, -0.25) is 4.90 Å². The van der Waals surface area contributed by atoms with E-state index in [0.717, 1.165) is 16.8 Å². The molecular formula is C31H38N4O6. The van der Waals surface area contributed by atoms with Gasteiger partial charge in [0.1, 0.15) is 30.3 Å². The maximum atomic E-state index is 13.4. The lowest BCUT2D eigenvalue weighted by atomic mass is 9.97. The summed E-state index contributed by atoms with van der Waals surface area (Å²) in [5.41, 5.74) is 3.25. The zero-order valence-corrected chi connectivity index (χ0v) is 24.3. The Bertz CT molecular complexity index is 1410. The lowest BCUT2D eigenvalue weighted by Crippen LogP contribution is -2.49. The van der Waals surface area contributed by atoms with E-state index in [1.165, 1.54) is 0 Å². The number of phenolic OH excluding ortho intramolecular Hbond substituents is 1. The van der Waals surface area contributed by atoms with Crippen LogP contribution in [-0.2, 0) is 22.5 Å². The van der Waals surface area contributed by atoms with E-state index in [2.05, 4.69) is 13.8 Å². The summed E-state index contributed by atoms with van der Waals surface area (Å²) in [6, 6.07) is 14.5. The van der Waals surface area contributed by atoms with Crippen molar-refractivity contribution in [1.82, 2.24) is 19.6 Å². The summed E-state index contributed by atoms with van der Waals surface area (Å²) in [4.78, 5) is 29.8. The minimum Gasteiger partial charge on any atom is -0.506 e. The molecular weight excluding hydrogens is 524 g/mol. The average molecular weight is 563 g/mol. The number of carbonyl (C=O) groups excluding carboxylic acids is 2. The largest absolute Gasteiger partial charge is 0.506 e. The number of hydrogen-bond donors (Lipinski definition) is 1. The molecule has 0 unspecified atom stereocenters. The van der Waals surface area contributed by atoms with Crippen LogP contribution in [0.3, 0.4) is 0 Å². The van der Waals surface area contributed by atoms with E-state index in [-0.39, 0.29) is 38.0 Å². The van der Waals surface area contributed by atoms with Gasteiger partial charge in [0.25, 0.3) is 0 Å². The Morgan fingerprint density at radius 2 is 1.85 bits per heavy atom. The second kappa shape index (κ2) is 11.3. The third-order valence-electron chi connectivity index (χ3n) is 7.27. The molecule has 41 heavy (non-hydrogen) atoms. The van der Waals surface area contributed by atoms with Crippen molar-refractivity contribution in [3.63, 3.8) is 0 Å². The average Bonchev–Trinajstić information content (AvgIpc) is 3.27. The van der Waals surface area contributed by atoms with Crippen molar-refractivity contribution in [3.8, 4) is 17.3 Å². The van der Waals surface area contributed by atoms with Crippen molar-refractivity contribution in [2.75, 3.05) is 26.2 Å². The molecule has 0 bridgehead atoms. The van der Waals surface area contributed by atoms with Crippen LogP contribution in [0.4, 0.5) is 9.59 Å². The third-order valence-corrected chi connectivity index (χ3v) is 7.27. The smallest absolute Gasteiger partial charge is 0.410 e. The molecule has 0 saturated carbocycles. The van der Waals surface area contributed by atoms with Crippen LogP contribution < -0.4 is 4.74 Å². The van der Waals surface area contributed by atoms with Gasteiger partial charge in [0.15, 0.2) is 0 Å². The number of aromatic hydroxyl groups is 1. The van der Waals surface area contributed by atoms with Gasteiger partial charge in [-0.15, -0.1) is 5.10 Å². The number of ether oxygens (including phenoxy) is 3. The first-order chi connectivity index (χ1) is 19.5. The van der Waals surface area contributed by atoms with Gasteiger partial charge in [-0.2, -0.15) is 0 Å². The minimum absolute atomic E-state index is 0.111. The third kappa shape index (κ3) is 6.11. The molecule has 1 aromatic heterocycles. The minimum atomic E-state index is -0.694. The highest BCUT2D eigenvalue weighted by Crippen LogP contribution is 2.41. The molecule has 2 aliphatic heterocycles. The molecule has 3 heterocycles. The molecule has 0 spiro atoms. The van der Waals surface area contributed by atoms with Gasteiger partial charge in [0.05, 0.1) is 23.8 Å². The molecule has 3 aromatic rings. The van der Waals surface area contributed by atoms with E-state index in [1.807, 2.05) is 63.2 Å². The van der Waals surface area contributed by atoms with Gasteiger partial charge in [-0.05, 0) is 49.9 Å². The monoisotopic (exact) mass is 562 g/mol. The van der Waals surface area contributed by atoms with Gasteiger partial charge in [0.2, 0.25) is 5.88 Å². The van der Waals surface area contributed by atoms with Gasteiger partial charge in [-0.1, -0.05) is 50.2 Å². The summed E-state index contributed by atoms with van der Waals surface area (Å²) in [7, 11) is 0. The Morgan fingerprint density at radius 3 is 2.54 bits per heavy atom. The number of benzene rings is 2. The fourth-order valence-corrected chi connectivity index (χ4v) is 5.20. The van der Waals surface area contributed by atoms with Crippen molar-refractivity contribution >= 4 is 12.2 Å². The van der Waals surface area contributed by atoms with E-state index in [9.17, 15) is 14.7 Å². The zero-order valence-electron chi connectivity index (χ0n) is 24.3. The van der Waals surface area contributed by atoms with E-state index in [0.29, 0.717) is 30.1 Å². The number of rotatable bonds is 4. The molecule has 5 rings (SSSR count). The lowest BCUT2D eigenvalue weighted by molar-refractivity contribution is 0.00636. The van der Waals surface area contributed by atoms with E-state index < -0.39 is 23.8 Å². The van der Waals surface area contributed by atoms with Crippen LogP contribution in [0.25, 0.3) is 5.69 Å². The van der Waals surface area contributed by atoms with Crippen LogP contribution in [0, 0.1) is 0 Å². The molecule has 1 N–H and O–H groups in total. The van der Waals surface area contributed by atoms with E-state index in [4.69, 9.17) is 19.3 Å². The van der Waals surface area contributed by atoms with Gasteiger partial charge < -0.3 is 24.2 Å². The Labute approximate surface area is 240 Å². The molecule has 0 saturated heterocycles. The van der Waals surface area contributed by atoms with Gasteiger partial charge in [0, 0.05) is 19.5 Å². The van der Waals surface area contributed by atoms with E-state index >= 15 is 0 Å². The van der Waals surface area contributed by atoms with Crippen molar-refractivity contribution in [1.29, 1.82) is 0 Å². The van der Waals surface area contributed by atoms with Crippen molar-refractivity contribution in [3.05, 3.63) is 70.9 Å².